The normalized spacial score (nSPS) is 14.6. The van der Waals surface area contributed by atoms with Gasteiger partial charge in [0, 0.05) is 19.6 Å². The summed E-state index contributed by atoms with van der Waals surface area (Å²) >= 11 is 0. The van der Waals surface area contributed by atoms with E-state index >= 15 is 0 Å². The molecule has 2 rings (SSSR count). The van der Waals surface area contributed by atoms with Crippen LogP contribution in [-0.2, 0) is 20.1 Å². The molecule has 0 aliphatic rings. The van der Waals surface area contributed by atoms with Crippen molar-refractivity contribution in [2.24, 2.45) is 0 Å². The Morgan fingerprint density at radius 3 is 2.75 bits per heavy atom. The molecule has 1 N–H and O–H groups in total. The van der Waals surface area contributed by atoms with Crippen LogP contribution in [0.1, 0.15) is 12.6 Å². The maximum absolute atomic E-state index is 10.5. The number of ether oxygens (including phenoxy) is 2. The molecule has 1 aromatic carbocycles. The first-order chi connectivity index (χ1) is 7.69. The molecule has 0 radical (unpaired) electrons. The SMILES string of the molecule is COC(C)(OC=O)c1cc2ccccc2[nH]1. The number of fused-ring (bicyclic) bond motifs is 1. The highest BCUT2D eigenvalue weighted by atomic mass is 16.7. The van der Waals surface area contributed by atoms with Gasteiger partial charge in [0.15, 0.2) is 0 Å². The zero-order valence-corrected chi connectivity index (χ0v) is 9.19. The minimum atomic E-state index is -1.07. The predicted octanol–water partition coefficient (Wildman–Crippen LogP) is 2.16. The van der Waals surface area contributed by atoms with Crippen molar-refractivity contribution in [1.82, 2.24) is 4.98 Å². The molecule has 0 aliphatic heterocycles. The third-order valence-electron chi connectivity index (χ3n) is 2.68. The molecule has 0 fully saturated rings. The summed E-state index contributed by atoms with van der Waals surface area (Å²) < 4.78 is 10.2. The van der Waals surface area contributed by atoms with Gasteiger partial charge < -0.3 is 14.5 Å². The average molecular weight is 219 g/mol. The lowest BCUT2D eigenvalue weighted by Crippen LogP contribution is -2.28. The van der Waals surface area contributed by atoms with Gasteiger partial charge in [0.2, 0.25) is 0 Å². The van der Waals surface area contributed by atoms with Crippen molar-refractivity contribution in [2.45, 2.75) is 12.7 Å². The highest BCUT2D eigenvalue weighted by Gasteiger charge is 2.29. The molecule has 0 aliphatic carbocycles. The summed E-state index contributed by atoms with van der Waals surface area (Å²) in [4.78, 5) is 13.6. The van der Waals surface area contributed by atoms with Gasteiger partial charge >= 0.3 is 0 Å². The summed E-state index contributed by atoms with van der Waals surface area (Å²) in [5, 5.41) is 1.05. The quantitative estimate of drug-likeness (QED) is 0.633. The Bertz CT molecular complexity index is 473. The lowest BCUT2D eigenvalue weighted by molar-refractivity contribution is -0.208. The standard InChI is InChI=1S/C12H13NO3/c1-12(15-2,16-8-14)11-7-9-5-3-4-6-10(9)13-11/h3-8,13H,1-2H3. The number of aromatic nitrogens is 1. The number of carbonyl (C=O) groups is 1. The number of hydrogen-bond acceptors (Lipinski definition) is 3. The molecule has 0 bridgehead atoms. The Balaban J connectivity index is 2.49. The molecule has 0 saturated carbocycles. The first-order valence-corrected chi connectivity index (χ1v) is 4.94. The average Bonchev–Trinajstić information content (AvgIpc) is 2.73. The van der Waals surface area contributed by atoms with E-state index in [0.29, 0.717) is 12.2 Å². The monoisotopic (exact) mass is 219 g/mol. The number of H-pyrrole nitrogens is 1. The van der Waals surface area contributed by atoms with Crippen LogP contribution < -0.4 is 0 Å². The van der Waals surface area contributed by atoms with Crippen molar-refractivity contribution < 1.29 is 14.3 Å². The number of methoxy groups -OCH3 is 1. The van der Waals surface area contributed by atoms with E-state index < -0.39 is 5.79 Å². The molecule has 1 unspecified atom stereocenters. The Morgan fingerprint density at radius 2 is 2.12 bits per heavy atom. The zero-order chi connectivity index (χ0) is 11.6. The number of hydrogen-bond donors (Lipinski definition) is 1. The summed E-state index contributed by atoms with van der Waals surface area (Å²) in [5.74, 6) is -1.07. The van der Waals surface area contributed by atoms with Crippen LogP contribution in [0, 0.1) is 0 Å². The van der Waals surface area contributed by atoms with Gasteiger partial charge in [-0.05, 0) is 17.5 Å². The van der Waals surface area contributed by atoms with E-state index in [1.807, 2.05) is 30.3 Å². The topological polar surface area (TPSA) is 51.3 Å². The van der Waals surface area contributed by atoms with Crippen LogP contribution in [0.25, 0.3) is 10.9 Å². The van der Waals surface area contributed by atoms with Gasteiger partial charge in [0.25, 0.3) is 12.3 Å². The molecule has 1 heterocycles. The number of nitrogens with one attached hydrogen (secondary N) is 1. The minimum Gasteiger partial charge on any atom is -0.429 e. The number of benzene rings is 1. The summed E-state index contributed by atoms with van der Waals surface area (Å²) in [7, 11) is 1.50. The fraction of sp³-hybridized carbons (Fsp3) is 0.250. The van der Waals surface area contributed by atoms with E-state index in [2.05, 4.69) is 4.98 Å². The summed E-state index contributed by atoms with van der Waals surface area (Å²) in [6.07, 6.45) is 0. The highest BCUT2D eigenvalue weighted by molar-refractivity contribution is 5.80. The van der Waals surface area contributed by atoms with E-state index in [9.17, 15) is 4.79 Å². The van der Waals surface area contributed by atoms with Crippen LogP contribution in [0.5, 0.6) is 0 Å². The number of carbonyl (C=O) groups excluding carboxylic acids is 1. The van der Waals surface area contributed by atoms with Gasteiger partial charge in [-0.1, -0.05) is 18.2 Å². The molecule has 1 atom stereocenters. The van der Waals surface area contributed by atoms with E-state index in [-0.39, 0.29) is 0 Å². The molecule has 16 heavy (non-hydrogen) atoms. The molecule has 2 aromatic rings. The van der Waals surface area contributed by atoms with Crippen molar-refractivity contribution in [1.29, 1.82) is 0 Å². The van der Waals surface area contributed by atoms with Crippen LogP contribution in [-0.4, -0.2) is 18.6 Å². The summed E-state index contributed by atoms with van der Waals surface area (Å²) in [6.45, 7) is 2.07. The molecule has 0 spiro atoms. The molecule has 0 saturated heterocycles. The van der Waals surface area contributed by atoms with Crippen molar-refractivity contribution in [2.75, 3.05) is 7.11 Å². The van der Waals surface area contributed by atoms with Gasteiger partial charge in [0.1, 0.15) is 0 Å². The molecule has 0 amide bonds. The second-order valence-electron chi connectivity index (χ2n) is 3.63. The van der Waals surface area contributed by atoms with Crippen LogP contribution in [0.3, 0.4) is 0 Å². The lowest BCUT2D eigenvalue weighted by Gasteiger charge is -2.24. The molecular formula is C12H13NO3. The Morgan fingerprint density at radius 1 is 1.38 bits per heavy atom. The fourth-order valence-electron chi connectivity index (χ4n) is 1.63. The number of aromatic amines is 1. The Kier molecular flexibility index (Phi) is 2.66. The van der Waals surface area contributed by atoms with Crippen molar-refractivity contribution in [3.8, 4) is 0 Å². The number of para-hydroxylation sites is 1. The largest absolute Gasteiger partial charge is 0.429 e. The van der Waals surface area contributed by atoms with Gasteiger partial charge in [-0.15, -0.1) is 0 Å². The second-order valence-corrected chi connectivity index (χ2v) is 3.63. The van der Waals surface area contributed by atoms with E-state index in [1.54, 1.807) is 6.92 Å². The summed E-state index contributed by atoms with van der Waals surface area (Å²) in [5.41, 5.74) is 1.69. The first kappa shape index (κ1) is 10.7. The molecular weight excluding hydrogens is 206 g/mol. The van der Waals surface area contributed by atoms with Crippen LogP contribution >= 0.6 is 0 Å². The fourth-order valence-corrected chi connectivity index (χ4v) is 1.63. The van der Waals surface area contributed by atoms with E-state index in [4.69, 9.17) is 9.47 Å². The third-order valence-corrected chi connectivity index (χ3v) is 2.68. The maximum Gasteiger partial charge on any atom is 0.295 e. The van der Waals surface area contributed by atoms with Crippen molar-refractivity contribution >= 4 is 17.4 Å². The second kappa shape index (κ2) is 3.98. The van der Waals surface area contributed by atoms with Crippen molar-refractivity contribution in [3.05, 3.63) is 36.0 Å². The molecule has 1 aromatic heterocycles. The smallest absolute Gasteiger partial charge is 0.295 e. The zero-order valence-electron chi connectivity index (χ0n) is 9.19. The first-order valence-electron chi connectivity index (χ1n) is 4.94. The highest BCUT2D eigenvalue weighted by Crippen LogP contribution is 2.27. The van der Waals surface area contributed by atoms with Gasteiger partial charge in [-0.3, -0.25) is 4.79 Å². The van der Waals surface area contributed by atoms with Crippen LogP contribution in [0.4, 0.5) is 0 Å². The Labute approximate surface area is 93.2 Å². The number of rotatable bonds is 4. The Hall–Kier alpha value is -1.81. The third kappa shape index (κ3) is 1.67. The minimum absolute atomic E-state index is 0.384. The summed E-state index contributed by atoms with van der Waals surface area (Å²) in [6, 6.07) is 9.72. The van der Waals surface area contributed by atoms with Gasteiger partial charge in [-0.2, -0.15) is 0 Å². The van der Waals surface area contributed by atoms with Crippen LogP contribution in [0.2, 0.25) is 0 Å². The predicted molar refractivity (Wildman–Crippen MR) is 59.8 cm³/mol. The molecule has 4 nitrogen and oxygen atoms in total. The maximum atomic E-state index is 10.5. The van der Waals surface area contributed by atoms with Crippen LogP contribution in [0.15, 0.2) is 30.3 Å². The van der Waals surface area contributed by atoms with Gasteiger partial charge in [0.05, 0.1) is 5.69 Å². The molecule has 4 heteroatoms. The lowest BCUT2D eigenvalue weighted by atomic mass is 10.2. The van der Waals surface area contributed by atoms with Crippen molar-refractivity contribution in [3.63, 3.8) is 0 Å². The molecule has 84 valence electrons. The van der Waals surface area contributed by atoms with E-state index in [1.165, 1.54) is 7.11 Å². The van der Waals surface area contributed by atoms with Gasteiger partial charge in [-0.25, -0.2) is 0 Å². The van der Waals surface area contributed by atoms with E-state index in [0.717, 1.165) is 10.9 Å².